The van der Waals surface area contributed by atoms with Crippen LogP contribution < -0.4 is 14.4 Å². The van der Waals surface area contributed by atoms with Crippen molar-refractivity contribution in [2.24, 2.45) is 0 Å². The molecule has 1 aliphatic rings. The quantitative estimate of drug-likeness (QED) is 0.392. The molecule has 0 atom stereocenters. The van der Waals surface area contributed by atoms with Gasteiger partial charge in [0.1, 0.15) is 22.8 Å². The van der Waals surface area contributed by atoms with E-state index in [4.69, 9.17) is 19.2 Å². The van der Waals surface area contributed by atoms with E-state index >= 15 is 0 Å². The van der Waals surface area contributed by atoms with Crippen LogP contribution in [0.15, 0.2) is 41.3 Å². The van der Waals surface area contributed by atoms with Gasteiger partial charge in [-0.15, -0.1) is 0 Å². The molecule has 0 spiro atoms. The van der Waals surface area contributed by atoms with Crippen LogP contribution in [0.5, 0.6) is 11.5 Å². The number of ether oxygens (including phenoxy) is 3. The maximum Gasteiger partial charge on any atom is 0.244 e. The van der Waals surface area contributed by atoms with Gasteiger partial charge in [-0.25, -0.2) is 13.4 Å². The third-order valence-electron chi connectivity index (χ3n) is 6.14. The van der Waals surface area contributed by atoms with Gasteiger partial charge in [0, 0.05) is 26.2 Å². The molecule has 3 aromatic rings. The van der Waals surface area contributed by atoms with Gasteiger partial charge in [0.2, 0.25) is 5.91 Å². The van der Waals surface area contributed by atoms with Crippen molar-refractivity contribution in [3.63, 3.8) is 0 Å². The van der Waals surface area contributed by atoms with Crippen molar-refractivity contribution in [3.05, 3.63) is 42.0 Å². The second kappa shape index (κ2) is 11.5. The number of carbonyl (C=O) groups excluding carboxylic acids is 1. The molecule has 9 nitrogen and oxygen atoms in total. The number of rotatable bonds is 10. The number of amides is 1. The molecule has 1 saturated heterocycles. The van der Waals surface area contributed by atoms with Crippen molar-refractivity contribution in [2.75, 3.05) is 64.3 Å². The van der Waals surface area contributed by atoms with E-state index in [1.165, 1.54) is 35.5 Å². The zero-order chi connectivity index (χ0) is 25.7. The SMILES string of the molecule is COc1ccc(S(=O)(=O)CC(=O)N(CCCN2CCOCC2)c2nc3c(OC)ccc(C)c3s2)cc1. The lowest BCUT2D eigenvalue weighted by Gasteiger charge is -2.27. The number of fused-ring (bicyclic) bond motifs is 1. The van der Waals surface area contributed by atoms with E-state index in [1.54, 1.807) is 19.2 Å². The molecule has 194 valence electrons. The van der Waals surface area contributed by atoms with E-state index in [0.29, 0.717) is 48.3 Å². The number of methoxy groups -OCH3 is 2. The first-order chi connectivity index (χ1) is 17.3. The van der Waals surface area contributed by atoms with Crippen LogP contribution in [0, 0.1) is 6.92 Å². The standard InChI is InChI=1S/C25H31N3O6S2/c1-18-5-10-21(33-3)23-24(18)35-25(26-23)28(12-4-11-27-13-15-34-16-14-27)22(29)17-36(30,31)20-8-6-19(32-2)7-9-20/h5-10H,4,11-17H2,1-3H3. The van der Waals surface area contributed by atoms with E-state index in [1.807, 2.05) is 19.1 Å². The summed E-state index contributed by atoms with van der Waals surface area (Å²) < 4.78 is 43.1. The van der Waals surface area contributed by atoms with Crippen LogP contribution in [0.4, 0.5) is 5.13 Å². The van der Waals surface area contributed by atoms with Gasteiger partial charge in [-0.2, -0.15) is 0 Å². The summed E-state index contributed by atoms with van der Waals surface area (Å²) in [6.45, 7) is 6.19. The van der Waals surface area contributed by atoms with Gasteiger partial charge >= 0.3 is 0 Å². The van der Waals surface area contributed by atoms with E-state index in [9.17, 15) is 13.2 Å². The molecule has 2 aromatic carbocycles. The van der Waals surface area contributed by atoms with Gasteiger partial charge in [0.25, 0.3) is 0 Å². The number of thiazole rings is 1. The van der Waals surface area contributed by atoms with Gasteiger partial charge < -0.3 is 14.2 Å². The number of morpholine rings is 1. The Morgan fingerprint density at radius 3 is 2.50 bits per heavy atom. The van der Waals surface area contributed by atoms with Crippen molar-refractivity contribution in [1.82, 2.24) is 9.88 Å². The number of aromatic nitrogens is 1. The highest BCUT2D eigenvalue weighted by atomic mass is 32.2. The molecular formula is C25H31N3O6S2. The van der Waals surface area contributed by atoms with E-state index in [0.717, 1.165) is 29.9 Å². The predicted molar refractivity (Wildman–Crippen MR) is 140 cm³/mol. The Kier molecular flexibility index (Phi) is 8.45. The Balaban J connectivity index is 1.59. The Morgan fingerprint density at radius 2 is 1.83 bits per heavy atom. The first-order valence-corrected chi connectivity index (χ1v) is 14.2. The maximum atomic E-state index is 13.5. The number of nitrogens with zero attached hydrogens (tertiary/aromatic N) is 3. The fourth-order valence-electron chi connectivity index (χ4n) is 4.09. The summed E-state index contributed by atoms with van der Waals surface area (Å²) in [4.78, 5) is 22.1. The highest BCUT2D eigenvalue weighted by Gasteiger charge is 2.27. The van der Waals surface area contributed by atoms with Gasteiger partial charge in [0.15, 0.2) is 15.0 Å². The fourth-order valence-corrected chi connectivity index (χ4v) is 6.38. The number of aryl methyl sites for hydroxylation is 1. The van der Waals surface area contributed by atoms with Gasteiger partial charge in [-0.05, 0) is 49.2 Å². The topological polar surface area (TPSA) is 98.3 Å². The lowest BCUT2D eigenvalue weighted by Crippen LogP contribution is -2.40. The first kappa shape index (κ1) is 26.3. The zero-order valence-corrected chi connectivity index (χ0v) is 22.4. The fraction of sp³-hybridized carbons (Fsp3) is 0.440. The van der Waals surface area contributed by atoms with Crippen LogP contribution in [0.1, 0.15) is 12.0 Å². The molecule has 1 aromatic heterocycles. The molecule has 1 aliphatic heterocycles. The summed E-state index contributed by atoms with van der Waals surface area (Å²) in [7, 11) is -0.766. The normalized spacial score (nSPS) is 14.6. The second-order valence-corrected chi connectivity index (χ2v) is 11.5. The molecule has 0 N–H and O–H groups in total. The monoisotopic (exact) mass is 533 g/mol. The van der Waals surface area contributed by atoms with E-state index in [-0.39, 0.29) is 4.90 Å². The van der Waals surface area contributed by atoms with Crippen LogP contribution in [-0.2, 0) is 19.4 Å². The summed E-state index contributed by atoms with van der Waals surface area (Å²) in [5, 5.41) is 0.467. The van der Waals surface area contributed by atoms with Crippen molar-refractivity contribution < 1.29 is 27.4 Å². The Bertz CT molecular complexity index is 1300. The van der Waals surface area contributed by atoms with Gasteiger partial charge in [0.05, 0.1) is 37.0 Å². The number of sulfone groups is 1. The lowest BCUT2D eigenvalue weighted by molar-refractivity contribution is -0.116. The van der Waals surface area contributed by atoms with Crippen LogP contribution in [0.3, 0.4) is 0 Å². The highest BCUT2D eigenvalue weighted by molar-refractivity contribution is 7.92. The summed E-state index contributed by atoms with van der Waals surface area (Å²) >= 11 is 1.37. The molecule has 1 amide bonds. The van der Waals surface area contributed by atoms with Crippen molar-refractivity contribution in [2.45, 2.75) is 18.2 Å². The molecule has 36 heavy (non-hydrogen) atoms. The van der Waals surface area contributed by atoms with Crippen LogP contribution in [-0.4, -0.2) is 83.6 Å². The summed E-state index contributed by atoms with van der Waals surface area (Å²) in [6.07, 6.45) is 0.681. The molecule has 11 heteroatoms. The lowest BCUT2D eigenvalue weighted by atomic mass is 10.2. The number of carbonyl (C=O) groups is 1. The third kappa shape index (κ3) is 5.97. The van der Waals surface area contributed by atoms with E-state index < -0.39 is 21.5 Å². The third-order valence-corrected chi connectivity index (χ3v) is 8.97. The number of anilines is 1. The molecule has 0 radical (unpaired) electrons. The highest BCUT2D eigenvalue weighted by Crippen LogP contribution is 2.36. The zero-order valence-electron chi connectivity index (χ0n) is 20.7. The van der Waals surface area contributed by atoms with Crippen molar-refractivity contribution in [3.8, 4) is 11.5 Å². The number of hydrogen-bond acceptors (Lipinski definition) is 9. The molecule has 1 fully saturated rings. The Morgan fingerprint density at radius 1 is 1.11 bits per heavy atom. The Hall–Kier alpha value is -2.73. The Labute approximate surface area is 215 Å². The van der Waals surface area contributed by atoms with Crippen molar-refractivity contribution >= 4 is 42.4 Å². The molecular weight excluding hydrogens is 502 g/mol. The summed E-state index contributed by atoms with van der Waals surface area (Å²) in [5.74, 6) is 0.0000782. The summed E-state index contributed by atoms with van der Waals surface area (Å²) in [6, 6.07) is 9.84. The minimum atomic E-state index is -3.86. The predicted octanol–water partition coefficient (Wildman–Crippen LogP) is 3.15. The largest absolute Gasteiger partial charge is 0.497 e. The average Bonchev–Trinajstić information content (AvgIpc) is 3.33. The second-order valence-electron chi connectivity index (χ2n) is 8.55. The minimum absolute atomic E-state index is 0.0757. The molecule has 0 aliphatic carbocycles. The van der Waals surface area contributed by atoms with Crippen LogP contribution in [0.2, 0.25) is 0 Å². The molecule has 4 rings (SSSR count). The summed E-state index contributed by atoms with van der Waals surface area (Å²) in [5.41, 5.74) is 1.68. The van der Waals surface area contributed by atoms with Crippen LogP contribution in [0.25, 0.3) is 10.2 Å². The van der Waals surface area contributed by atoms with Crippen LogP contribution >= 0.6 is 11.3 Å². The first-order valence-electron chi connectivity index (χ1n) is 11.7. The molecule has 0 bridgehead atoms. The van der Waals surface area contributed by atoms with Gasteiger partial charge in [-0.1, -0.05) is 17.4 Å². The van der Waals surface area contributed by atoms with Crippen molar-refractivity contribution in [1.29, 1.82) is 0 Å². The minimum Gasteiger partial charge on any atom is -0.497 e. The number of hydrogen-bond donors (Lipinski definition) is 0. The smallest absolute Gasteiger partial charge is 0.244 e. The maximum absolute atomic E-state index is 13.5. The molecule has 2 heterocycles. The van der Waals surface area contributed by atoms with E-state index in [2.05, 4.69) is 4.90 Å². The molecule has 0 unspecified atom stereocenters. The number of benzene rings is 2. The molecule has 0 saturated carbocycles. The average molecular weight is 534 g/mol. The van der Waals surface area contributed by atoms with Gasteiger partial charge in [-0.3, -0.25) is 14.6 Å².